The number of halogens is 2. The molecule has 0 spiro atoms. The van der Waals surface area contributed by atoms with Gasteiger partial charge < -0.3 is 5.11 Å². The minimum Gasteiger partial charge on any atom is -0.505 e. The number of aromatic hydroxyl groups is 1. The summed E-state index contributed by atoms with van der Waals surface area (Å²) in [7, 11) is 0. The Morgan fingerprint density at radius 1 is 1.42 bits per heavy atom. The second-order valence-electron chi connectivity index (χ2n) is 2.28. The van der Waals surface area contributed by atoms with Crippen LogP contribution in [0.5, 0.6) is 5.75 Å². The van der Waals surface area contributed by atoms with Crippen LogP contribution in [0.4, 0.5) is 8.78 Å². The molecule has 0 amide bonds. The molecule has 1 aromatic rings. The molecule has 0 radical (unpaired) electrons. The highest BCUT2D eigenvalue weighted by atomic mass is 19.1. The molecule has 0 fully saturated rings. The van der Waals surface area contributed by atoms with Crippen molar-refractivity contribution in [1.29, 1.82) is 0 Å². The van der Waals surface area contributed by atoms with E-state index in [4.69, 9.17) is 10.9 Å². The van der Waals surface area contributed by atoms with Crippen molar-refractivity contribution in [2.24, 2.45) is 5.84 Å². The van der Waals surface area contributed by atoms with Gasteiger partial charge >= 0.3 is 0 Å². The molecule has 0 atom stereocenters. The lowest BCUT2D eigenvalue weighted by atomic mass is 10.2. The van der Waals surface area contributed by atoms with Crippen LogP contribution in [0.15, 0.2) is 12.1 Å². The number of hydrazine groups is 1. The summed E-state index contributed by atoms with van der Waals surface area (Å²) < 4.78 is 25.1. The van der Waals surface area contributed by atoms with Crippen molar-refractivity contribution in [2.75, 3.05) is 0 Å². The van der Waals surface area contributed by atoms with E-state index in [1.54, 1.807) is 0 Å². The molecule has 12 heavy (non-hydrogen) atoms. The zero-order valence-electron chi connectivity index (χ0n) is 6.14. The molecule has 0 aliphatic heterocycles. The molecule has 3 nitrogen and oxygen atoms in total. The first-order chi connectivity index (χ1) is 5.65. The number of hydrogen-bond acceptors (Lipinski definition) is 3. The second kappa shape index (κ2) is 3.46. The SMILES string of the molecule is NNCc1cc(F)cc(F)c1O. The van der Waals surface area contributed by atoms with Crippen LogP contribution in [0, 0.1) is 11.6 Å². The average molecular weight is 174 g/mol. The Hall–Kier alpha value is -1.20. The fourth-order valence-corrected chi connectivity index (χ4v) is 0.864. The van der Waals surface area contributed by atoms with E-state index < -0.39 is 17.4 Å². The summed E-state index contributed by atoms with van der Waals surface area (Å²) in [5.41, 5.74) is 2.28. The lowest BCUT2D eigenvalue weighted by Gasteiger charge is -2.04. The van der Waals surface area contributed by atoms with Crippen molar-refractivity contribution in [3.63, 3.8) is 0 Å². The summed E-state index contributed by atoms with van der Waals surface area (Å²) in [4.78, 5) is 0. The molecule has 0 saturated carbocycles. The van der Waals surface area contributed by atoms with Crippen LogP contribution in [0.2, 0.25) is 0 Å². The van der Waals surface area contributed by atoms with Gasteiger partial charge in [-0.2, -0.15) is 0 Å². The van der Waals surface area contributed by atoms with Gasteiger partial charge in [0.2, 0.25) is 0 Å². The number of nitrogens with two attached hydrogens (primary N) is 1. The summed E-state index contributed by atoms with van der Waals surface area (Å²) in [6.07, 6.45) is 0. The average Bonchev–Trinajstić information content (AvgIpc) is 2.00. The number of nitrogens with one attached hydrogen (secondary N) is 1. The molecule has 4 N–H and O–H groups in total. The standard InChI is InChI=1S/C7H8F2N2O/c8-5-1-4(3-11-10)7(12)6(9)2-5/h1-2,11-12H,3,10H2. The van der Waals surface area contributed by atoms with E-state index in [0.717, 1.165) is 6.07 Å². The zero-order chi connectivity index (χ0) is 9.14. The molecule has 5 heteroatoms. The summed E-state index contributed by atoms with van der Waals surface area (Å²) in [6, 6.07) is 1.62. The van der Waals surface area contributed by atoms with Crippen LogP contribution in [-0.4, -0.2) is 5.11 Å². The van der Waals surface area contributed by atoms with Crippen molar-refractivity contribution >= 4 is 0 Å². The van der Waals surface area contributed by atoms with E-state index in [9.17, 15) is 8.78 Å². The minimum atomic E-state index is -0.986. The maximum Gasteiger partial charge on any atom is 0.168 e. The van der Waals surface area contributed by atoms with Gasteiger partial charge in [-0.3, -0.25) is 11.3 Å². The van der Waals surface area contributed by atoms with E-state index in [0.29, 0.717) is 6.07 Å². The number of phenols is 1. The van der Waals surface area contributed by atoms with Crippen molar-refractivity contribution < 1.29 is 13.9 Å². The van der Waals surface area contributed by atoms with Gasteiger partial charge in [-0.15, -0.1) is 0 Å². The summed E-state index contributed by atoms with van der Waals surface area (Å²) in [5.74, 6) is 2.62. The Morgan fingerprint density at radius 3 is 2.67 bits per heavy atom. The molecule has 0 aliphatic rings. The van der Waals surface area contributed by atoms with Gasteiger partial charge in [0.1, 0.15) is 5.82 Å². The number of benzene rings is 1. The van der Waals surface area contributed by atoms with Crippen molar-refractivity contribution in [3.8, 4) is 5.75 Å². The third-order valence-electron chi connectivity index (χ3n) is 1.40. The largest absolute Gasteiger partial charge is 0.505 e. The van der Waals surface area contributed by atoms with E-state index in [1.807, 2.05) is 0 Å². The van der Waals surface area contributed by atoms with Gasteiger partial charge in [0.15, 0.2) is 11.6 Å². The van der Waals surface area contributed by atoms with Gasteiger partial charge in [-0.25, -0.2) is 8.78 Å². The van der Waals surface area contributed by atoms with Crippen LogP contribution in [0.25, 0.3) is 0 Å². The molecular weight excluding hydrogens is 166 g/mol. The lowest BCUT2D eigenvalue weighted by molar-refractivity contribution is 0.418. The van der Waals surface area contributed by atoms with E-state index in [1.165, 1.54) is 0 Å². The summed E-state index contributed by atoms with van der Waals surface area (Å²) >= 11 is 0. The topological polar surface area (TPSA) is 58.3 Å². The Bertz CT molecular complexity index is 291. The Labute approximate surface area is 67.8 Å². The van der Waals surface area contributed by atoms with Crippen LogP contribution < -0.4 is 11.3 Å². The van der Waals surface area contributed by atoms with Crippen molar-refractivity contribution in [1.82, 2.24) is 5.43 Å². The van der Waals surface area contributed by atoms with Crippen LogP contribution >= 0.6 is 0 Å². The highest BCUT2D eigenvalue weighted by Gasteiger charge is 2.08. The molecule has 0 saturated heterocycles. The van der Waals surface area contributed by atoms with Gasteiger partial charge in [-0.1, -0.05) is 0 Å². The van der Waals surface area contributed by atoms with Crippen LogP contribution in [-0.2, 0) is 6.54 Å². The number of rotatable bonds is 2. The van der Waals surface area contributed by atoms with E-state index >= 15 is 0 Å². The van der Waals surface area contributed by atoms with Gasteiger partial charge in [-0.05, 0) is 6.07 Å². The minimum absolute atomic E-state index is 0.0144. The molecular formula is C7H8F2N2O. The quantitative estimate of drug-likeness (QED) is 0.455. The van der Waals surface area contributed by atoms with Gasteiger partial charge in [0.05, 0.1) is 0 Å². The van der Waals surface area contributed by atoms with E-state index in [-0.39, 0.29) is 12.1 Å². The smallest absolute Gasteiger partial charge is 0.168 e. The third-order valence-corrected chi connectivity index (χ3v) is 1.40. The zero-order valence-corrected chi connectivity index (χ0v) is 6.14. The van der Waals surface area contributed by atoms with Crippen LogP contribution in [0.1, 0.15) is 5.56 Å². The molecule has 66 valence electrons. The Balaban J connectivity index is 3.09. The molecule has 1 aromatic carbocycles. The van der Waals surface area contributed by atoms with Gasteiger partial charge in [0, 0.05) is 18.2 Å². The molecule has 0 bridgehead atoms. The predicted molar refractivity (Wildman–Crippen MR) is 39.0 cm³/mol. The molecule has 0 heterocycles. The van der Waals surface area contributed by atoms with Crippen molar-refractivity contribution in [3.05, 3.63) is 29.3 Å². The monoisotopic (exact) mass is 174 g/mol. The fraction of sp³-hybridized carbons (Fsp3) is 0.143. The highest BCUT2D eigenvalue weighted by molar-refractivity contribution is 5.33. The normalized spacial score (nSPS) is 10.2. The first kappa shape index (κ1) is 8.89. The molecule has 0 aromatic heterocycles. The first-order valence-corrected chi connectivity index (χ1v) is 3.25. The second-order valence-corrected chi connectivity index (χ2v) is 2.28. The first-order valence-electron chi connectivity index (χ1n) is 3.25. The highest BCUT2D eigenvalue weighted by Crippen LogP contribution is 2.21. The Kier molecular flexibility index (Phi) is 2.57. The summed E-state index contributed by atoms with van der Waals surface area (Å²) in [6.45, 7) is 0.0144. The fourth-order valence-electron chi connectivity index (χ4n) is 0.864. The number of hydrogen-bond donors (Lipinski definition) is 3. The van der Waals surface area contributed by atoms with E-state index in [2.05, 4.69) is 5.43 Å². The molecule has 0 aliphatic carbocycles. The number of phenolic OH excluding ortho intramolecular Hbond substituents is 1. The van der Waals surface area contributed by atoms with Crippen molar-refractivity contribution in [2.45, 2.75) is 6.54 Å². The lowest BCUT2D eigenvalue weighted by Crippen LogP contribution is -2.21. The molecule has 1 rings (SSSR count). The Morgan fingerprint density at radius 2 is 2.08 bits per heavy atom. The maximum absolute atomic E-state index is 12.6. The van der Waals surface area contributed by atoms with Gasteiger partial charge in [0.25, 0.3) is 0 Å². The maximum atomic E-state index is 12.6. The molecule has 0 unspecified atom stereocenters. The van der Waals surface area contributed by atoms with Crippen LogP contribution in [0.3, 0.4) is 0 Å². The summed E-state index contributed by atoms with van der Waals surface area (Å²) in [5, 5.41) is 9.02. The predicted octanol–water partition coefficient (Wildman–Crippen LogP) is 0.634. The third kappa shape index (κ3) is 1.69.